The van der Waals surface area contributed by atoms with E-state index >= 15 is 4.79 Å². The van der Waals surface area contributed by atoms with E-state index in [1.807, 2.05) is 85.8 Å². The summed E-state index contributed by atoms with van der Waals surface area (Å²) in [6.45, 7) is 6.58. The zero-order valence-corrected chi connectivity index (χ0v) is 40.3. The number of carbonyl (C=O) groups excluding carboxylic acids is 1. The molecule has 6 unspecified atom stereocenters. The first-order valence-electron chi connectivity index (χ1n) is 24.6. The van der Waals surface area contributed by atoms with Gasteiger partial charge in [0, 0.05) is 55.5 Å². The van der Waals surface area contributed by atoms with Gasteiger partial charge in [0.2, 0.25) is 12.6 Å². The van der Waals surface area contributed by atoms with E-state index in [4.69, 9.17) is 38.4 Å². The number of benzene rings is 4. The van der Waals surface area contributed by atoms with Crippen LogP contribution in [0.3, 0.4) is 0 Å². The zero-order valence-electron chi connectivity index (χ0n) is 40.3. The summed E-state index contributed by atoms with van der Waals surface area (Å²) in [6.07, 6.45) is 7.47. The minimum Gasteiger partial charge on any atom is -0.487 e. The van der Waals surface area contributed by atoms with Gasteiger partial charge in [-0.15, -0.1) is 6.58 Å². The van der Waals surface area contributed by atoms with Crippen molar-refractivity contribution in [2.45, 2.75) is 89.4 Å². The number of ether oxygens (including phenoxy) is 6. The monoisotopic (exact) mass is 980 g/mol. The van der Waals surface area contributed by atoms with Crippen molar-refractivity contribution in [1.82, 2.24) is 9.88 Å². The normalized spacial score (nSPS) is 21.9. The van der Waals surface area contributed by atoms with Gasteiger partial charge in [0.05, 0.1) is 28.9 Å². The maximum Gasteiger partial charge on any atom is 0.416 e. The number of nitro benzene ring substituents is 1. The number of non-ortho nitro benzene ring substituents is 1. The van der Waals surface area contributed by atoms with Crippen molar-refractivity contribution in [3.63, 3.8) is 0 Å². The Morgan fingerprint density at radius 1 is 0.889 bits per heavy atom. The number of fused-ring (bicyclic) bond motifs is 3. The molecule has 16 heteroatoms. The summed E-state index contributed by atoms with van der Waals surface area (Å²) >= 11 is 0. The van der Waals surface area contributed by atoms with E-state index in [2.05, 4.69) is 17.6 Å². The maximum absolute atomic E-state index is 15.3. The number of aliphatic hydroxyl groups excluding tert-OH is 2. The minimum absolute atomic E-state index is 0.0108. The van der Waals surface area contributed by atoms with Crippen molar-refractivity contribution in [3.05, 3.63) is 172 Å². The molecule has 3 heterocycles. The zero-order chi connectivity index (χ0) is 50.0. The highest BCUT2D eigenvalue weighted by molar-refractivity contribution is 6.03. The summed E-state index contributed by atoms with van der Waals surface area (Å²) in [7, 11) is 0. The molecule has 0 radical (unpaired) electrons. The Labute approximate surface area is 418 Å². The van der Waals surface area contributed by atoms with Crippen molar-refractivity contribution in [2.75, 3.05) is 26.6 Å². The van der Waals surface area contributed by atoms with Gasteiger partial charge >= 0.3 is 6.09 Å². The molecule has 2 N–H and O–H groups in total. The molecule has 2 aliphatic heterocycles. The van der Waals surface area contributed by atoms with Gasteiger partial charge in [-0.3, -0.25) is 20.0 Å². The van der Waals surface area contributed by atoms with Crippen molar-refractivity contribution < 1.29 is 53.2 Å². The van der Waals surface area contributed by atoms with Crippen LogP contribution >= 0.6 is 0 Å². The quantitative estimate of drug-likeness (QED) is 0.0288. The second kappa shape index (κ2) is 22.9. The lowest BCUT2D eigenvalue weighted by Gasteiger charge is -2.59. The predicted octanol–water partition coefficient (Wildman–Crippen LogP) is 10.1. The predicted molar refractivity (Wildman–Crippen MR) is 267 cm³/mol. The van der Waals surface area contributed by atoms with Crippen molar-refractivity contribution >= 4 is 17.5 Å². The van der Waals surface area contributed by atoms with E-state index in [0.717, 1.165) is 53.8 Å². The molecular formula is C56H60N4O12. The van der Waals surface area contributed by atoms with Crippen LogP contribution in [0.15, 0.2) is 139 Å². The van der Waals surface area contributed by atoms with Crippen molar-refractivity contribution in [1.29, 1.82) is 0 Å². The number of hydrogen-bond donors (Lipinski definition) is 2. The molecule has 2 aliphatic carbocycles. The van der Waals surface area contributed by atoms with Crippen LogP contribution < -0.4 is 23.7 Å². The van der Waals surface area contributed by atoms with Crippen LogP contribution in [0.1, 0.15) is 78.9 Å². The molecule has 5 aromatic rings. The first-order chi connectivity index (χ1) is 35.2. The fourth-order valence-corrected chi connectivity index (χ4v) is 10.7. The molecule has 1 aromatic heterocycles. The number of amides is 1. The van der Waals surface area contributed by atoms with Crippen LogP contribution in [0.2, 0.25) is 0 Å². The van der Waals surface area contributed by atoms with E-state index in [0.29, 0.717) is 47.1 Å². The number of allylic oxidation sites excluding steroid dienone is 1. The Kier molecular flexibility index (Phi) is 15.8. The highest BCUT2D eigenvalue weighted by Crippen LogP contribution is 2.62. The molecule has 0 bridgehead atoms. The molecule has 376 valence electrons. The number of oxime groups is 1. The summed E-state index contributed by atoms with van der Waals surface area (Å²) < 4.78 is 38.7. The summed E-state index contributed by atoms with van der Waals surface area (Å²) in [6, 6.07) is 31.2. The van der Waals surface area contributed by atoms with Crippen LogP contribution in [0.25, 0.3) is 0 Å². The maximum atomic E-state index is 15.3. The molecule has 6 atom stereocenters. The molecule has 0 spiro atoms. The van der Waals surface area contributed by atoms with E-state index in [-0.39, 0.29) is 82.0 Å². The third-order valence-corrected chi connectivity index (χ3v) is 13.9. The van der Waals surface area contributed by atoms with Gasteiger partial charge in [-0.05, 0) is 116 Å². The van der Waals surface area contributed by atoms with E-state index in [9.17, 15) is 20.3 Å². The molecule has 1 fully saturated rings. The molecular weight excluding hydrogens is 921 g/mol. The number of rotatable bonds is 22. The van der Waals surface area contributed by atoms with Crippen LogP contribution in [0, 0.1) is 34.8 Å². The first-order valence-corrected chi connectivity index (χ1v) is 24.6. The highest BCUT2D eigenvalue weighted by Gasteiger charge is 2.66. The third kappa shape index (κ3) is 11.0. The third-order valence-electron chi connectivity index (χ3n) is 13.9. The van der Waals surface area contributed by atoms with Crippen molar-refractivity contribution in [3.8, 4) is 28.7 Å². The lowest BCUT2D eigenvalue weighted by Crippen LogP contribution is -2.70. The second-order valence-electron chi connectivity index (χ2n) is 18.5. The van der Waals surface area contributed by atoms with Gasteiger partial charge in [0.15, 0.2) is 11.5 Å². The number of aromatic nitrogens is 1. The number of aryl methyl sites for hydroxylation is 1. The molecule has 16 nitrogen and oxygen atoms in total. The van der Waals surface area contributed by atoms with Gasteiger partial charge in [-0.1, -0.05) is 72.6 Å². The molecule has 1 amide bonds. The van der Waals surface area contributed by atoms with Gasteiger partial charge in [-0.25, -0.2) is 4.79 Å². The van der Waals surface area contributed by atoms with E-state index in [1.54, 1.807) is 17.0 Å². The standard InChI is InChI=1S/C56H60N4O12/c1-3-28-69-56-52(59(33-39-18-24-50-51(29-39)68-36-67-50)55(63)71-43-21-19-42(20-22-43)60(64)65)32-48(58-70-34-38-13-5-4-6-14-38)46-30-40(15-7-9-26-61)45(17-8-10-27-62)53(54(46)56)47-31-44(23-25-49(47)72-56)66-35-41-16-11-12-37(2)57-41/h3-6,11-14,16,18-25,29-31,40,45,52-54,61-62H,1,7-10,15,17,26-28,32-36H2,2H3. The average molecular weight is 981 g/mol. The lowest BCUT2D eigenvalue weighted by molar-refractivity contribution is -0.384. The molecule has 72 heavy (non-hydrogen) atoms. The summed E-state index contributed by atoms with van der Waals surface area (Å²) in [5.74, 6) is -0.315. The van der Waals surface area contributed by atoms with Gasteiger partial charge in [0.25, 0.3) is 5.69 Å². The summed E-state index contributed by atoms with van der Waals surface area (Å²) in [4.78, 5) is 38.9. The number of aliphatic hydroxyl groups is 2. The van der Waals surface area contributed by atoms with Crippen molar-refractivity contribution in [2.24, 2.45) is 22.9 Å². The number of hydrogen-bond acceptors (Lipinski definition) is 14. The van der Waals surface area contributed by atoms with Crippen LogP contribution in [0.5, 0.6) is 28.7 Å². The highest BCUT2D eigenvalue weighted by atomic mass is 16.7. The lowest BCUT2D eigenvalue weighted by atomic mass is 9.55. The second-order valence-corrected chi connectivity index (χ2v) is 18.5. The van der Waals surface area contributed by atoms with E-state index in [1.165, 1.54) is 24.3 Å². The molecule has 4 aliphatic rings. The Hall–Kier alpha value is -7.27. The Morgan fingerprint density at radius 2 is 1.65 bits per heavy atom. The summed E-state index contributed by atoms with van der Waals surface area (Å²) in [5, 5.41) is 36.7. The Balaban J connectivity index is 1.23. The number of carbonyl (C=O) groups is 1. The fourth-order valence-electron chi connectivity index (χ4n) is 10.7. The van der Waals surface area contributed by atoms with Crippen LogP contribution in [-0.4, -0.2) is 75.3 Å². The molecule has 0 saturated heterocycles. The molecule has 4 aromatic carbocycles. The van der Waals surface area contributed by atoms with Gasteiger partial charge < -0.3 is 43.5 Å². The number of nitro groups is 1. The number of unbranched alkanes of at least 4 members (excludes halogenated alkanes) is 2. The first kappa shape index (κ1) is 49.7. The van der Waals surface area contributed by atoms with Gasteiger partial charge in [-0.2, -0.15) is 0 Å². The smallest absolute Gasteiger partial charge is 0.416 e. The largest absolute Gasteiger partial charge is 0.487 e. The fraction of sp³-hybridized carbons (Fsp3) is 0.375. The van der Waals surface area contributed by atoms with E-state index < -0.39 is 28.8 Å². The Morgan fingerprint density at radius 3 is 2.42 bits per heavy atom. The van der Waals surface area contributed by atoms with Gasteiger partial charge in [0.1, 0.15) is 36.5 Å². The number of nitrogens with zero attached hydrogens (tertiary/aromatic N) is 4. The average Bonchev–Trinajstić information content (AvgIpc) is 3.87. The van der Waals surface area contributed by atoms with Crippen LogP contribution in [-0.2, 0) is 29.3 Å². The summed E-state index contributed by atoms with van der Waals surface area (Å²) in [5.41, 5.74) is 5.44. The molecule has 9 rings (SSSR count). The number of pyridine rings is 1. The minimum atomic E-state index is -1.62. The van der Waals surface area contributed by atoms with Crippen LogP contribution in [0.4, 0.5) is 10.5 Å². The topological polar surface area (TPSA) is 194 Å². The Bertz CT molecular complexity index is 2770. The SMILES string of the molecule is C=CCOC12Oc3ccc(OCc4cccc(C)n4)cc3C3C(CCCCO)C(CCCCO)C=C(C(=NOCc4ccccc4)CC1N(Cc1ccc4c(c1)OCO4)C(=O)Oc1ccc([N+](=O)[O-])cc1)C32. The molecule has 1 saturated carbocycles.